The highest BCUT2D eigenvalue weighted by Gasteiger charge is 2.53. The number of anilines is 1. The molecule has 2 fully saturated rings. The largest absolute Gasteiger partial charge is 0.404 e. The number of methoxy groups -OCH3 is 1. The quantitative estimate of drug-likeness (QED) is 0.0994. The van der Waals surface area contributed by atoms with E-state index >= 15 is 0 Å². The van der Waals surface area contributed by atoms with Gasteiger partial charge in [-0.1, -0.05) is 181 Å². The second-order valence-electron chi connectivity index (χ2n) is 18.1. The molecule has 7 nitrogen and oxygen atoms in total. The van der Waals surface area contributed by atoms with Crippen LogP contribution in [0.25, 0.3) is 0 Å². The summed E-state index contributed by atoms with van der Waals surface area (Å²) >= 11 is 0. The monoisotopic (exact) mass is 841 g/mol. The van der Waals surface area contributed by atoms with Gasteiger partial charge in [-0.2, -0.15) is 0 Å². The summed E-state index contributed by atoms with van der Waals surface area (Å²) < 4.78 is 19.8. The number of para-hydroxylation sites is 1. The van der Waals surface area contributed by atoms with Crippen LogP contribution in [0.2, 0.25) is 10.1 Å². The highest BCUT2D eigenvalue weighted by atomic mass is 28.4. The van der Waals surface area contributed by atoms with E-state index in [1.807, 2.05) is 30.3 Å². The number of benzene rings is 5. The maximum Gasteiger partial charge on any atom is 0.261 e. The molecule has 0 saturated heterocycles. The number of nitrogens with one attached hydrogen (secondary N) is 1. The number of carbonyl (C=O) groups is 2. The predicted octanol–water partition coefficient (Wildman–Crippen LogP) is 8.80. The molecular formula is C51H63NO6Si2. The van der Waals surface area contributed by atoms with Crippen molar-refractivity contribution in [3.8, 4) is 0 Å². The van der Waals surface area contributed by atoms with E-state index in [2.05, 4.69) is 168 Å². The van der Waals surface area contributed by atoms with Crippen molar-refractivity contribution in [1.29, 1.82) is 0 Å². The van der Waals surface area contributed by atoms with Gasteiger partial charge in [0.15, 0.2) is 11.6 Å². The molecule has 2 aliphatic carbocycles. The van der Waals surface area contributed by atoms with Crippen LogP contribution in [0.4, 0.5) is 5.69 Å². The van der Waals surface area contributed by atoms with Crippen molar-refractivity contribution in [2.75, 3.05) is 12.6 Å². The fraction of sp³-hybridized carbons (Fsp3) is 0.373. The summed E-state index contributed by atoms with van der Waals surface area (Å²) in [5.74, 6) is 0.320. The Balaban J connectivity index is 0.000000205. The molecular weight excluding hydrogens is 779 g/mol. The third-order valence-corrected chi connectivity index (χ3v) is 22.2. The summed E-state index contributed by atoms with van der Waals surface area (Å²) in [6.07, 6.45) is 2.76. The van der Waals surface area contributed by atoms with E-state index in [1.165, 1.54) is 20.7 Å². The van der Waals surface area contributed by atoms with Crippen LogP contribution in [-0.4, -0.2) is 59.7 Å². The van der Waals surface area contributed by atoms with E-state index in [-0.39, 0.29) is 40.0 Å². The van der Waals surface area contributed by atoms with Crippen LogP contribution in [0, 0.1) is 0 Å². The molecule has 1 N–H and O–H groups in total. The van der Waals surface area contributed by atoms with Gasteiger partial charge in [0, 0.05) is 45.0 Å². The molecule has 0 spiro atoms. The van der Waals surface area contributed by atoms with E-state index in [0.29, 0.717) is 32.1 Å². The topological polar surface area (TPSA) is 83.1 Å². The minimum Gasteiger partial charge on any atom is -0.404 e. The van der Waals surface area contributed by atoms with Crippen LogP contribution >= 0.6 is 0 Å². The van der Waals surface area contributed by atoms with Gasteiger partial charge >= 0.3 is 0 Å². The van der Waals surface area contributed by atoms with E-state index in [1.54, 1.807) is 7.11 Å². The Bertz CT molecular complexity index is 2010. The summed E-state index contributed by atoms with van der Waals surface area (Å²) in [4.78, 5) is 30.6. The molecule has 0 heterocycles. The second kappa shape index (κ2) is 19.9. The molecule has 9 heteroatoms. The number of ether oxygens (including phenoxy) is 1. The highest BCUT2D eigenvalue weighted by Crippen LogP contribution is 2.41. The van der Waals surface area contributed by atoms with Crippen LogP contribution < -0.4 is 26.2 Å². The zero-order valence-corrected chi connectivity index (χ0v) is 38.4. The fourth-order valence-electron chi connectivity index (χ4n) is 8.99. The van der Waals surface area contributed by atoms with Gasteiger partial charge in [0.25, 0.3) is 16.6 Å². The van der Waals surface area contributed by atoms with Crippen LogP contribution in [0.15, 0.2) is 152 Å². The molecule has 2 saturated carbocycles. The lowest BCUT2D eigenvalue weighted by Crippen LogP contribution is -2.68. The summed E-state index contributed by atoms with van der Waals surface area (Å²) in [6, 6.07) is 52.2. The van der Waals surface area contributed by atoms with Crippen molar-refractivity contribution in [1.82, 2.24) is 0 Å². The molecule has 4 atom stereocenters. The summed E-state index contributed by atoms with van der Waals surface area (Å²) in [7, 11) is -3.61. The van der Waals surface area contributed by atoms with Crippen molar-refractivity contribution in [2.24, 2.45) is 0 Å². The van der Waals surface area contributed by atoms with E-state index in [4.69, 9.17) is 18.4 Å². The molecule has 7 rings (SSSR count). The van der Waals surface area contributed by atoms with E-state index < -0.39 is 22.7 Å². The van der Waals surface area contributed by atoms with Gasteiger partial charge in [-0.05, 0) is 55.8 Å². The first kappa shape index (κ1) is 45.1. The zero-order chi connectivity index (χ0) is 42.8. The Hall–Kier alpha value is -4.49. The lowest BCUT2D eigenvalue weighted by Gasteiger charge is -2.46. The van der Waals surface area contributed by atoms with Crippen molar-refractivity contribution in [2.45, 2.75) is 115 Å². The lowest BCUT2D eigenvalue weighted by atomic mass is 9.94. The van der Waals surface area contributed by atoms with Crippen molar-refractivity contribution < 1.29 is 28.0 Å². The minimum atomic E-state index is -2.66. The molecule has 0 aromatic heterocycles. The second-order valence-corrected chi connectivity index (χ2v) is 26.6. The van der Waals surface area contributed by atoms with Crippen molar-refractivity contribution in [3.05, 3.63) is 152 Å². The minimum absolute atomic E-state index is 0.0268. The van der Waals surface area contributed by atoms with Gasteiger partial charge in [0.2, 0.25) is 0 Å². The van der Waals surface area contributed by atoms with Crippen molar-refractivity contribution >= 4 is 54.6 Å². The van der Waals surface area contributed by atoms with E-state index in [9.17, 15) is 9.59 Å². The predicted molar refractivity (Wildman–Crippen MR) is 248 cm³/mol. The first-order chi connectivity index (χ1) is 28.8. The molecule has 0 amide bonds. The molecule has 0 aliphatic heterocycles. The standard InChI is InChI=1S/C28H33NO3Si.C23H30O3Si/c1-28(2,3)33(24-15-9-5-10-16-24,25-17-11-6-12-18-25)32-23-19-20-26(30)27(21-23)31-29-22-13-7-4-8-14-22;1-23(2,3)27(19-11-7-5-8-12-19,20-13-9-6-10-14-20)26-18-15-16-21(24)22(17-18)25-4/h4-18,23,27,29H,19-21H2,1-3H3;5-14,18,22H,15-17H2,1-4H3/t23-,27+;18-,22-/m01/s1. The third-order valence-electron chi connectivity index (χ3n) is 12.0. The Kier molecular flexibility index (Phi) is 15.0. The van der Waals surface area contributed by atoms with Crippen LogP contribution in [-0.2, 0) is 28.0 Å². The van der Waals surface area contributed by atoms with Gasteiger partial charge in [0.1, 0.15) is 12.2 Å². The number of hydrogen-bond acceptors (Lipinski definition) is 7. The molecule has 2 aliphatic rings. The number of ketones is 2. The van der Waals surface area contributed by atoms with Gasteiger partial charge in [-0.15, -0.1) is 0 Å². The van der Waals surface area contributed by atoms with Crippen LogP contribution in [0.1, 0.15) is 80.1 Å². The Morgan fingerprint density at radius 2 is 0.800 bits per heavy atom. The Morgan fingerprint density at radius 1 is 0.483 bits per heavy atom. The Morgan fingerprint density at radius 3 is 1.13 bits per heavy atom. The molecule has 316 valence electrons. The SMILES string of the molecule is CC(C)(C)[Si](O[C@H]1CCC(=O)[C@H](ONc2ccccc2)C1)(c1ccccc1)c1ccccc1.CO[C@@H]1C[C@H](O[Si](c2ccccc2)(c2ccccc2)C(C)(C)C)CCC1=O. The highest BCUT2D eigenvalue weighted by molar-refractivity contribution is 7.00. The zero-order valence-electron chi connectivity index (χ0n) is 36.4. The number of rotatable bonds is 12. The Labute approximate surface area is 360 Å². The molecule has 60 heavy (non-hydrogen) atoms. The van der Waals surface area contributed by atoms with Gasteiger partial charge in [-0.3, -0.25) is 19.9 Å². The van der Waals surface area contributed by atoms with Crippen LogP contribution in [0.3, 0.4) is 0 Å². The number of hydrogen-bond donors (Lipinski definition) is 1. The number of Topliss-reactive ketones (excluding diaryl/α,β-unsaturated/α-hetero) is 2. The molecule has 0 unspecified atom stereocenters. The van der Waals surface area contributed by atoms with Gasteiger partial charge < -0.3 is 13.6 Å². The normalized spacial score (nSPS) is 20.2. The average molecular weight is 842 g/mol. The maximum absolute atomic E-state index is 12.7. The molecule has 0 radical (unpaired) electrons. The molecule has 0 bridgehead atoms. The van der Waals surface area contributed by atoms with E-state index in [0.717, 1.165) is 12.1 Å². The summed E-state index contributed by atoms with van der Waals surface area (Å²) in [5.41, 5.74) is 3.79. The third kappa shape index (κ3) is 10.2. The van der Waals surface area contributed by atoms with Gasteiger partial charge in [-0.25, -0.2) is 0 Å². The maximum atomic E-state index is 12.7. The van der Waals surface area contributed by atoms with Crippen LogP contribution in [0.5, 0.6) is 0 Å². The van der Waals surface area contributed by atoms with Crippen molar-refractivity contribution in [3.63, 3.8) is 0 Å². The average Bonchev–Trinajstić information content (AvgIpc) is 3.26. The first-order valence-corrected chi connectivity index (χ1v) is 25.2. The summed E-state index contributed by atoms with van der Waals surface area (Å²) in [5, 5.41) is 4.89. The molecule has 5 aromatic rings. The molecule has 5 aromatic carbocycles. The summed E-state index contributed by atoms with van der Waals surface area (Å²) in [6.45, 7) is 13.7. The van der Waals surface area contributed by atoms with Gasteiger partial charge in [0.05, 0.1) is 5.69 Å². The fourth-order valence-corrected chi connectivity index (χ4v) is 18.4. The lowest BCUT2D eigenvalue weighted by molar-refractivity contribution is -0.134. The first-order valence-electron chi connectivity index (χ1n) is 21.4. The number of carbonyl (C=O) groups excluding carboxylic acids is 2. The smallest absolute Gasteiger partial charge is 0.261 e.